The first-order valence-corrected chi connectivity index (χ1v) is 5.69. The zero-order chi connectivity index (χ0) is 12.5. The Labute approximate surface area is 104 Å². The molecule has 0 bridgehead atoms. The van der Waals surface area contributed by atoms with Gasteiger partial charge in [0.15, 0.2) is 0 Å². The van der Waals surface area contributed by atoms with Gasteiger partial charge in [-0.3, -0.25) is 0 Å². The number of hydrogen-bond donors (Lipinski definition) is 1. The van der Waals surface area contributed by atoms with Crippen molar-refractivity contribution in [2.75, 3.05) is 31.4 Å². The molecule has 0 fully saturated rings. The molecular weight excluding hydrogens is 208 g/mol. The summed E-state index contributed by atoms with van der Waals surface area (Å²) in [5.41, 5.74) is 2.41. The van der Waals surface area contributed by atoms with E-state index in [4.69, 9.17) is 0 Å². The van der Waals surface area contributed by atoms with Crippen LogP contribution < -0.4 is 10.2 Å². The largest absolute Gasteiger partial charge is 0.388 e. The molecule has 0 saturated heterocycles. The quantitative estimate of drug-likeness (QED) is 0.846. The fourth-order valence-corrected chi connectivity index (χ4v) is 1.33. The highest BCUT2D eigenvalue weighted by Crippen LogP contribution is 2.07. The zero-order valence-corrected chi connectivity index (χ0v) is 10.7. The minimum atomic E-state index is 1.16. The van der Waals surface area contributed by atoms with E-state index in [0.29, 0.717) is 0 Å². The maximum atomic E-state index is 3.03. The topological polar surface area (TPSA) is 15.3 Å². The predicted octanol–water partition coefficient (Wildman–Crippen LogP) is 3.48. The second-order valence-corrected chi connectivity index (χ2v) is 3.85. The molecule has 0 atom stereocenters. The fourth-order valence-electron chi connectivity index (χ4n) is 1.33. The molecule has 0 aliphatic carbocycles. The van der Waals surface area contributed by atoms with Crippen LogP contribution in [0.5, 0.6) is 0 Å². The Morgan fingerprint density at radius 3 is 1.53 bits per heavy atom. The van der Waals surface area contributed by atoms with Crippen LogP contribution in [0.15, 0.2) is 60.7 Å². The van der Waals surface area contributed by atoms with Crippen LogP contribution in [0.3, 0.4) is 0 Å². The molecule has 0 aromatic heterocycles. The molecule has 0 saturated carbocycles. The Balaban J connectivity index is 0.000000171. The van der Waals surface area contributed by atoms with E-state index in [-0.39, 0.29) is 0 Å². The van der Waals surface area contributed by atoms with Gasteiger partial charge in [-0.15, -0.1) is 0 Å². The average molecular weight is 228 g/mol. The Morgan fingerprint density at radius 1 is 0.765 bits per heavy atom. The molecule has 17 heavy (non-hydrogen) atoms. The number of nitrogens with zero attached hydrogens (tertiary/aromatic N) is 1. The van der Waals surface area contributed by atoms with Crippen LogP contribution in [-0.2, 0) is 0 Å². The van der Waals surface area contributed by atoms with Crippen LogP contribution in [0.2, 0.25) is 0 Å². The highest BCUT2D eigenvalue weighted by molar-refractivity contribution is 5.43. The van der Waals surface area contributed by atoms with E-state index in [9.17, 15) is 0 Å². The van der Waals surface area contributed by atoms with E-state index >= 15 is 0 Å². The lowest BCUT2D eigenvalue weighted by Gasteiger charge is -2.10. The van der Waals surface area contributed by atoms with Crippen LogP contribution in [0.4, 0.5) is 11.4 Å². The summed E-state index contributed by atoms with van der Waals surface area (Å²) in [7, 11) is 5.99. The van der Waals surface area contributed by atoms with Crippen LogP contribution in [0.25, 0.3) is 0 Å². The van der Waals surface area contributed by atoms with E-state index in [1.165, 1.54) is 5.69 Å². The summed E-state index contributed by atoms with van der Waals surface area (Å²) in [6, 6.07) is 20.3. The van der Waals surface area contributed by atoms with Gasteiger partial charge in [0.1, 0.15) is 0 Å². The van der Waals surface area contributed by atoms with Gasteiger partial charge in [-0.2, -0.15) is 0 Å². The number of rotatable bonds is 2. The number of anilines is 2. The summed E-state index contributed by atoms with van der Waals surface area (Å²) in [6.07, 6.45) is 0. The fraction of sp³-hybridized carbons (Fsp3) is 0.200. The highest BCUT2D eigenvalue weighted by Gasteiger charge is 1.87. The van der Waals surface area contributed by atoms with Crippen molar-refractivity contribution in [3.05, 3.63) is 60.7 Å². The minimum Gasteiger partial charge on any atom is -0.388 e. The van der Waals surface area contributed by atoms with Crippen LogP contribution in [0.1, 0.15) is 0 Å². The molecule has 2 aromatic carbocycles. The predicted molar refractivity (Wildman–Crippen MR) is 76.8 cm³/mol. The maximum absolute atomic E-state index is 3.03. The standard InChI is InChI=1S/C8H11N.C7H9N/c1-9(2)8-6-4-3-5-7-8;1-8-7-5-3-2-4-6-7/h3-7H,1-2H3;2-6,8H,1H3. The summed E-state index contributed by atoms with van der Waals surface area (Å²) in [6.45, 7) is 0. The molecule has 0 aliphatic rings. The molecule has 2 heteroatoms. The van der Waals surface area contributed by atoms with Crippen molar-refractivity contribution in [2.45, 2.75) is 0 Å². The lowest BCUT2D eigenvalue weighted by molar-refractivity contribution is 1.13. The molecular formula is C15H20N2. The number of para-hydroxylation sites is 2. The summed E-state index contributed by atoms with van der Waals surface area (Å²) >= 11 is 0. The number of hydrogen-bond acceptors (Lipinski definition) is 2. The van der Waals surface area contributed by atoms with E-state index in [1.54, 1.807) is 0 Å². The van der Waals surface area contributed by atoms with Gasteiger partial charge < -0.3 is 10.2 Å². The summed E-state index contributed by atoms with van der Waals surface area (Å²) < 4.78 is 0. The van der Waals surface area contributed by atoms with Gasteiger partial charge in [-0.05, 0) is 24.3 Å². The monoisotopic (exact) mass is 228 g/mol. The molecule has 2 aromatic rings. The minimum absolute atomic E-state index is 1.16. The molecule has 90 valence electrons. The number of nitrogens with one attached hydrogen (secondary N) is 1. The average Bonchev–Trinajstić information content (AvgIpc) is 2.41. The van der Waals surface area contributed by atoms with E-state index < -0.39 is 0 Å². The molecule has 0 unspecified atom stereocenters. The molecule has 0 aliphatic heterocycles. The summed E-state index contributed by atoms with van der Waals surface area (Å²) in [5.74, 6) is 0. The molecule has 0 spiro atoms. The Hall–Kier alpha value is -1.96. The van der Waals surface area contributed by atoms with Gasteiger partial charge in [0.25, 0.3) is 0 Å². The van der Waals surface area contributed by atoms with Crippen LogP contribution >= 0.6 is 0 Å². The summed E-state index contributed by atoms with van der Waals surface area (Å²) in [5, 5.41) is 3.03. The van der Waals surface area contributed by atoms with Gasteiger partial charge in [0.2, 0.25) is 0 Å². The van der Waals surface area contributed by atoms with Crippen LogP contribution in [-0.4, -0.2) is 21.1 Å². The van der Waals surface area contributed by atoms with Crippen molar-refractivity contribution in [1.82, 2.24) is 0 Å². The Bertz CT molecular complexity index is 396. The second kappa shape index (κ2) is 7.34. The second-order valence-electron chi connectivity index (χ2n) is 3.85. The van der Waals surface area contributed by atoms with Gasteiger partial charge >= 0.3 is 0 Å². The highest BCUT2D eigenvalue weighted by atomic mass is 15.1. The molecule has 1 N–H and O–H groups in total. The van der Waals surface area contributed by atoms with Gasteiger partial charge in [0, 0.05) is 32.5 Å². The zero-order valence-electron chi connectivity index (χ0n) is 10.7. The molecule has 0 heterocycles. The third-order valence-corrected chi connectivity index (χ3v) is 2.34. The van der Waals surface area contributed by atoms with Gasteiger partial charge in [-0.1, -0.05) is 36.4 Å². The van der Waals surface area contributed by atoms with Crippen molar-refractivity contribution < 1.29 is 0 Å². The van der Waals surface area contributed by atoms with E-state index in [0.717, 1.165) is 5.69 Å². The first kappa shape index (κ1) is 13.1. The van der Waals surface area contributed by atoms with Gasteiger partial charge in [-0.25, -0.2) is 0 Å². The first-order chi connectivity index (χ1) is 8.24. The van der Waals surface area contributed by atoms with E-state index in [1.807, 2.05) is 69.7 Å². The molecule has 0 amide bonds. The lowest BCUT2D eigenvalue weighted by atomic mass is 10.3. The smallest absolute Gasteiger partial charge is 0.0360 e. The third-order valence-electron chi connectivity index (χ3n) is 2.34. The Kier molecular flexibility index (Phi) is 5.66. The molecule has 0 radical (unpaired) electrons. The normalized spacial score (nSPS) is 8.88. The van der Waals surface area contributed by atoms with Crippen molar-refractivity contribution in [1.29, 1.82) is 0 Å². The SMILES string of the molecule is CN(C)c1ccccc1.CNc1ccccc1. The third kappa shape index (κ3) is 5.07. The van der Waals surface area contributed by atoms with Crippen molar-refractivity contribution in [3.63, 3.8) is 0 Å². The van der Waals surface area contributed by atoms with Crippen molar-refractivity contribution >= 4 is 11.4 Å². The number of benzene rings is 2. The van der Waals surface area contributed by atoms with Crippen molar-refractivity contribution in [2.24, 2.45) is 0 Å². The maximum Gasteiger partial charge on any atom is 0.0360 e. The van der Waals surface area contributed by atoms with Gasteiger partial charge in [0.05, 0.1) is 0 Å². The Morgan fingerprint density at radius 2 is 1.24 bits per heavy atom. The molecule has 2 rings (SSSR count). The first-order valence-electron chi connectivity index (χ1n) is 5.69. The molecule has 2 nitrogen and oxygen atoms in total. The summed E-state index contributed by atoms with van der Waals surface area (Å²) in [4.78, 5) is 2.08. The van der Waals surface area contributed by atoms with E-state index in [2.05, 4.69) is 22.3 Å². The van der Waals surface area contributed by atoms with Crippen LogP contribution in [0, 0.1) is 0 Å². The van der Waals surface area contributed by atoms with Crippen molar-refractivity contribution in [3.8, 4) is 0 Å². The lowest BCUT2D eigenvalue weighted by Crippen LogP contribution is -2.07.